The van der Waals surface area contributed by atoms with E-state index in [0.29, 0.717) is 6.04 Å². The Balaban J connectivity index is 1.64. The van der Waals surface area contributed by atoms with E-state index in [1.807, 2.05) is 18.2 Å². The average molecular weight is 287 g/mol. The molecule has 0 radical (unpaired) electrons. The Labute approximate surface area is 126 Å². The summed E-state index contributed by atoms with van der Waals surface area (Å²) in [6.07, 6.45) is 4.06. The Hall–Kier alpha value is -1.39. The van der Waals surface area contributed by atoms with E-state index >= 15 is 0 Å². The van der Waals surface area contributed by atoms with Crippen LogP contribution >= 0.6 is 0 Å². The number of carbonyl (C=O) groups excluding carboxylic acids is 1. The van der Waals surface area contributed by atoms with Gasteiger partial charge in [-0.2, -0.15) is 0 Å². The SMILES string of the molecule is CN(C)CCNC1CCC2(CC1)C(=O)Nc1ccccc12. The lowest BCUT2D eigenvalue weighted by Gasteiger charge is -2.36. The van der Waals surface area contributed by atoms with Crippen LogP contribution in [0, 0.1) is 0 Å². The van der Waals surface area contributed by atoms with Gasteiger partial charge < -0.3 is 15.5 Å². The molecule has 2 aliphatic rings. The van der Waals surface area contributed by atoms with Crippen LogP contribution in [0.1, 0.15) is 31.2 Å². The first-order valence-electron chi connectivity index (χ1n) is 7.91. The third-order valence-electron chi connectivity index (χ3n) is 4.96. The lowest BCUT2D eigenvalue weighted by atomic mass is 9.69. The molecule has 1 aromatic carbocycles. The van der Waals surface area contributed by atoms with Crippen LogP contribution in [0.3, 0.4) is 0 Å². The summed E-state index contributed by atoms with van der Waals surface area (Å²) in [5.41, 5.74) is 1.96. The predicted octanol–water partition coefficient (Wildman–Crippen LogP) is 1.97. The van der Waals surface area contributed by atoms with Gasteiger partial charge in [-0.3, -0.25) is 4.79 Å². The van der Waals surface area contributed by atoms with Gasteiger partial charge in [0.15, 0.2) is 0 Å². The molecule has 0 bridgehead atoms. The Morgan fingerprint density at radius 2 is 2.00 bits per heavy atom. The van der Waals surface area contributed by atoms with Crippen molar-refractivity contribution in [3.05, 3.63) is 29.8 Å². The molecule has 4 heteroatoms. The van der Waals surface area contributed by atoms with Crippen molar-refractivity contribution in [2.45, 2.75) is 37.1 Å². The minimum atomic E-state index is -0.268. The van der Waals surface area contributed by atoms with E-state index in [1.165, 1.54) is 5.56 Å². The zero-order chi connectivity index (χ0) is 14.9. The summed E-state index contributed by atoms with van der Waals surface area (Å²) in [6, 6.07) is 8.72. The molecule has 114 valence electrons. The van der Waals surface area contributed by atoms with Gasteiger partial charge in [0.05, 0.1) is 5.41 Å². The largest absolute Gasteiger partial charge is 0.325 e. The second kappa shape index (κ2) is 5.78. The second-order valence-electron chi connectivity index (χ2n) is 6.61. The van der Waals surface area contributed by atoms with E-state index in [0.717, 1.165) is 44.5 Å². The number of amides is 1. The molecular weight excluding hydrogens is 262 g/mol. The van der Waals surface area contributed by atoms with Gasteiger partial charge in [-0.1, -0.05) is 18.2 Å². The Morgan fingerprint density at radius 3 is 2.71 bits per heavy atom. The van der Waals surface area contributed by atoms with Crippen LogP contribution in [-0.4, -0.2) is 44.0 Å². The summed E-state index contributed by atoms with van der Waals surface area (Å²) in [5.74, 6) is 0.204. The van der Waals surface area contributed by atoms with Crippen LogP contribution in [-0.2, 0) is 10.2 Å². The van der Waals surface area contributed by atoms with Crippen LogP contribution in [0.15, 0.2) is 24.3 Å². The molecule has 1 aliphatic carbocycles. The van der Waals surface area contributed by atoms with E-state index < -0.39 is 0 Å². The van der Waals surface area contributed by atoms with Crippen molar-refractivity contribution in [2.75, 3.05) is 32.5 Å². The number of hydrogen-bond donors (Lipinski definition) is 2. The average Bonchev–Trinajstić information content (AvgIpc) is 2.74. The zero-order valence-corrected chi connectivity index (χ0v) is 13.0. The first-order chi connectivity index (χ1) is 10.1. The van der Waals surface area contributed by atoms with Gasteiger partial charge in [0.2, 0.25) is 5.91 Å². The molecule has 21 heavy (non-hydrogen) atoms. The van der Waals surface area contributed by atoms with Crippen molar-refractivity contribution in [2.24, 2.45) is 0 Å². The number of carbonyl (C=O) groups is 1. The van der Waals surface area contributed by atoms with Crippen molar-refractivity contribution in [3.63, 3.8) is 0 Å². The predicted molar refractivity (Wildman–Crippen MR) is 85.6 cm³/mol. The highest BCUT2D eigenvalue weighted by Crippen LogP contribution is 2.47. The van der Waals surface area contributed by atoms with Crippen LogP contribution in [0.5, 0.6) is 0 Å². The monoisotopic (exact) mass is 287 g/mol. The number of anilines is 1. The number of fused-ring (bicyclic) bond motifs is 2. The van der Waals surface area contributed by atoms with Gasteiger partial charge in [-0.05, 0) is 51.4 Å². The van der Waals surface area contributed by atoms with Gasteiger partial charge >= 0.3 is 0 Å². The molecule has 1 aliphatic heterocycles. The minimum Gasteiger partial charge on any atom is -0.325 e. The Kier molecular flexibility index (Phi) is 4.00. The van der Waals surface area contributed by atoms with E-state index in [4.69, 9.17) is 0 Å². The molecule has 1 spiro atoms. The van der Waals surface area contributed by atoms with E-state index in [2.05, 4.69) is 35.7 Å². The zero-order valence-electron chi connectivity index (χ0n) is 13.0. The highest BCUT2D eigenvalue weighted by atomic mass is 16.2. The maximum atomic E-state index is 12.5. The molecule has 1 saturated carbocycles. The number of nitrogens with zero attached hydrogens (tertiary/aromatic N) is 1. The van der Waals surface area contributed by atoms with Crippen molar-refractivity contribution >= 4 is 11.6 Å². The summed E-state index contributed by atoms with van der Waals surface area (Å²) >= 11 is 0. The molecule has 0 aromatic heterocycles. The van der Waals surface area contributed by atoms with E-state index in [9.17, 15) is 4.79 Å². The van der Waals surface area contributed by atoms with Gasteiger partial charge in [0.25, 0.3) is 0 Å². The maximum absolute atomic E-state index is 12.5. The van der Waals surface area contributed by atoms with Gasteiger partial charge in [0, 0.05) is 24.8 Å². The maximum Gasteiger partial charge on any atom is 0.235 e. The molecule has 1 aromatic rings. The highest BCUT2D eigenvalue weighted by molar-refractivity contribution is 6.06. The summed E-state index contributed by atoms with van der Waals surface area (Å²) in [7, 11) is 4.19. The fourth-order valence-corrected chi connectivity index (χ4v) is 3.68. The van der Waals surface area contributed by atoms with E-state index in [1.54, 1.807) is 0 Å². The number of para-hydroxylation sites is 1. The lowest BCUT2D eigenvalue weighted by molar-refractivity contribution is -0.122. The molecule has 1 amide bonds. The van der Waals surface area contributed by atoms with Crippen molar-refractivity contribution in [1.82, 2.24) is 10.2 Å². The number of rotatable bonds is 4. The van der Waals surface area contributed by atoms with Gasteiger partial charge in [-0.15, -0.1) is 0 Å². The first kappa shape index (κ1) is 14.5. The molecule has 0 unspecified atom stereocenters. The number of likely N-dealkylation sites (N-methyl/N-ethyl adjacent to an activating group) is 1. The summed E-state index contributed by atoms with van der Waals surface area (Å²) in [5, 5.41) is 6.69. The lowest BCUT2D eigenvalue weighted by Crippen LogP contribution is -2.44. The molecule has 1 heterocycles. The van der Waals surface area contributed by atoms with E-state index in [-0.39, 0.29) is 11.3 Å². The van der Waals surface area contributed by atoms with Crippen LogP contribution in [0.25, 0.3) is 0 Å². The first-order valence-corrected chi connectivity index (χ1v) is 7.91. The topological polar surface area (TPSA) is 44.4 Å². The molecule has 2 N–H and O–H groups in total. The number of benzene rings is 1. The smallest absolute Gasteiger partial charge is 0.235 e. The van der Waals surface area contributed by atoms with Crippen molar-refractivity contribution in [1.29, 1.82) is 0 Å². The third-order valence-corrected chi connectivity index (χ3v) is 4.96. The van der Waals surface area contributed by atoms with Crippen LogP contribution < -0.4 is 10.6 Å². The van der Waals surface area contributed by atoms with Crippen LogP contribution in [0.4, 0.5) is 5.69 Å². The van der Waals surface area contributed by atoms with Crippen molar-refractivity contribution < 1.29 is 4.79 Å². The second-order valence-corrected chi connectivity index (χ2v) is 6.61. The molecular formula is C17H25N3O. The summed E-state index contributed by atoms with van der Waals surface area (Å²) in [4.78, 5) is 14.7. The quantitative estimate of drug-likeness (QED) is 0.890. The molecule has 1 fully saturated rings. The molecule has 4 nitrogen and oxygen atoms in total. The van der Waals surface area contributed by atoms with Gasteiger partial charge in [0.1, 0.15) is 0 Å². The molecule has 0 saturated heterocycles. The molecule has 3 rings (SSSR count). The Morgan fingerprint density at radius 1 is 1.29 bits per heavy atom. The highest BCUT2D eigenvalue weighted by Gasteiger charge is 2.48. The van der Waals surface area contributed by atoms with Gasteiger partial charge in [-0.25, -0.2) is 0 Å². The molecule has 0 atom stereocenters. The number of nitrogens with one attached hydrogen (secondary N) is 2. The summed E-state index contributed by atoms with van der Waals surface area (Å²) < 4.78 is 0. The normalized spacial score (nSPS) is 28.0. The fourth-order valence-electron chi connectivity index (χ4n) is 3.68. The Bertz CT molecular complexity index is 519. The standard InChI is InChI=1S/C17H25N3O/c1-20(2)12-11-18-13-7-9-17(10-8-13)14-5-3-4-6-15(14)19-16(17)21/h3-6,13,18H,7-12H2,1-2H3,(H,19,21). The van der Waals surface area contributed by atoms with Crippen molar-refractivity contribution in [3.8, 4) is 0 Å². The minimum absolute atomic E-state index is 0.204. The third kappa shape index (κ3) is 2.70. The number of hydrogen-bond acceptors (Lipinski definition) is 3. The summed E-state index contributed by atoms with van der Waals surface area (Å²) in [6.45, 7) is 2.08. The van der Waals surface area contributed by atoms with Crippen LogP contribution in [0.2, 0.25) is 0 Å². The fraction of sp³-hybridized carbons (Fsp3) is 0.588.